The van der Waals surface area contributed by atoms with Crippen molar-refractivity contribution >= 4 is 14.3 Å². The summed E-state index contributed by atoms with van der Waals surface area (Å²) in [4.78, 5) is 11.4. The van der Waals surface area contributed by atoms with Crippen molar-refractivity contribution in [2.45, 2.75) is 115 Å². The molecule has 1 fully saturated rings. The molecule has 164 valence electrons. The van der Waals surface area contributed by atoms with Gasteiger partial charge in [0.15, 0.2) is 6.29 Å². The molecule has 0 saturated carbocycles. The molecule has 0 spiro atoms. The van der Waals surface area contributed by atoms with Crippen LogP contribution in [0.5, 0.6) is 0 Å². The minimum atomic E-state index is -2.07. The SMILES string of the molecule is C=CC[C@@H](C[C@H](CC(=O)O)OC1CCCCO1)O[Si](C(C)C)(C(C)C)C(C)C. The molecule has 0 aromatic heterocycles. The Kier molecular flexibility index (Phi) is 11.0. The molecule has 3 atom stereocenters. The summed E-state index contributed by atoms with van der Waals surface area (Å²) in [6, 6.07) is 0. The number of carboxylic acids is 1. The Hall–Kier alpha value is -0.693. The maximum Gasteiger partial charge on any atom is 0.305 e. The third kappa shape index (κ3) is 7.28. The maximum absolute atomic E-state index is 11.4. The Morgan fingerprint density at radius 3 is 2.18 bits per heavy atom. The highest BCUT2D eigenvalue weighted by molar-refractivity contribution is 6.77. The molecule has 0 bridgehead atoms. The van der Waals surface area contributed by atoms with Gasteiger partial charge in [0.1, 0.15) is 0 Å². The standard InChI is InChI=1S/C22H42O5Si/c1-8-11-19(27-28(16(2)3,17(4)5)18(6)7)14-20(15-21(23)24)26-22-12-9-10-13-25-22/h8,16-20,22H,1,9-15H2,2-7H3,(H,23,24)/t19-,20+,22?/m0/s1. The van der Waals surface area contributed by atoms with E-state index in [1.807, 2.05) is 6.08 Å². The third-order valence-corrected chi connectivity index (χ3v) is 12.1. The Morgan fingerprint density at radius 1 is 1.14 bits per heavy atom. The highest BCUT2D eigenvalue weighted by Gasteiger charge is 2.46. The average Bonchev–Trinajstić information content (AvgIpc) is 2.59. The molecule has 28 heavy (non-hydrogen) atoms. The summed E-state index contributed by atoms with van der Waals surface area (Å²) in [7, 11) is -2.07. The summed E-state index contributed by atoms with van der Waals surface area (Å²) < 4.78 is 18.7. The number of carboxylic acid groups (broad SMARTS) is 1. The molecule has 0 aromatic rings. The first kappa shape index (κ1) is 25.3. The Morgan fingerprint density at radius 2 is 1.75 bits per heavy atom. The van der Waals surface area contributed by atoms with Gasteiger partial charge in [-0.25, -0.2) is 0 Å². The van der Waals surface area contributed by atoms with Crippen LogP contribution in [0.4, 0.5) is 0 Å². The second kappa shape index (κ2) is 12.1. The normalized spacial score (nSPS) is 20.5. The molecule has 5 nitrogen and oxygen atoms in total. The first-order valence-corrected chi connectivity index (χ1v) is 13.0. The van der Waals surface area contributed by atoms with E-state index in [4.69, 9.17) is 13.9 Å². The highest BCUT2D eigenvalue weighted by atomic mass is 28.4. The van der Waals surface area contributed by atoms with Crippen molar-refractivity contribution in [1.29, 1.82) is 0 Å². The van der Waals surface area contributed by atoms with Gasteiger partial charge in [0.25, 0.3) is 0 Å². The Bertz CT molecular complexity index is 450. The van der Waals surface area contributed by atoms with Crippen LogP contribution in [-0.4, -0.2) is 44.5 Å². The lowest BCUT2D eigenvalue weighted by atomic mass is 10.1. The van der Waals surface area contributed by atoms with Crippen LogP contribution in [0.3, 0.4) is 0 Å². The van der Waals surface area contributed by atoms with Crippen molar-refractivity contribution < 1.29 is 23.8 Å². The average molecular weight is 415 g/mol. The number of carbonyl (C=O) groups is 1. The quantitative estimate of drug-likeness (QED) is 0.300. The molecule has 1 N–H and O–H groups in total. The second-order valence-electron chi connectivity index (χ2n) is 8.97. The molecular weight excluding hydrogens is 372 g/mol. The van der Waals surface area contributed by atoms with Gasteiger partial charge in [-0.1, -0.05) is 47.6 Å². The zero-order valence-electron chi connectivity index (χ0n) is 18.8. The molecule has 0 aromatic carbocycles. The molecule has 1 heterocycles. The van der Waals surface area contributed by atoms with Crippen LogP contribution >= 0.6 is 0 Å². The van der Waals surface area contributed by atoms with E-state index < -0.39 is 20.4 Å². The molecule has 6 heteroatoms. The molecule has 0 radical (unpaired) electrons. The lowest BCUT2D eigenvalue weighted by molar-refractivity contribution is -0.196. The molecule has 1 saturated heterocycles. The number of aliphatic carboxylic acids is 1. The zero-order chi connectivity index (χ0) is 21.3. The lowest BCUT2D eigenvalue weighted by Crippen LogP contribution is -2.50. The maximum atomic E-state index is 11.4. The van der Waals surface area contributed by atoms with E-state index in [9.17, 15) is 9.90 Å². The van der Waals surface area contributed by atoms with Crippen LogP contribution in [0.25, 0.3) is 0 Å². The molecule has 1 rings (SSSR count). The van der Waals surface area contributed by atoms with Crippen LogP contribution in [0.15, 0.2) is 12.7 Å². The molecular formula is C22H42O5Si. The van der Waals surface area contributed by atoms with E-state index >= 15 is 0 Å². The summed E-state index contributed by atoms with van der Waals surface area (Å²) >= 11 is 0. The fraction of sp³-hybridized carbons (Fsp3) is 0.864. The topological polar surface area (TPSA) is 65.0 Å². The van der Waals surface area contributed by atoms with E-state index in [-0.39, 0.29) is 18.8 Å². The summed E-state index contributed by atoms with van der Waals surface area (Å²) in [5.74, 6) is -0.849. The highest BCUT2D eigenvalue weighted by Crippen LogP contribution is 2.44. The van der Waals surface area contributed by atoms with Gasteiger partial charge in [0.05, 0.1) is 18.6 Å². The van der Waals surface area contributed by atoms with Gasteiger partial charge in [-0.05, 0) is 48.7 Å². The fourth-order valence-corrected chi connectivity index (χ4v) is 10.4. The molecule has 1 unspecified atom stereocenters. The molecule has 0 amide bonds. The van der Waals surface area contributed by atoms with Gasteiger partial charge >= 0.3 is 5.97 Å². The molecule has 1 aliphatic heterocycles. The molecule has 0 aliphatic carbocycles. The Balaban J connectivity index is 2.97. The van der Waals surface area contributed by atoms with Gasteiger partial charge in [-0.3, -0.25) is 4.79 Å². The second-order valence-corrected chi connectivity index (χ2v) is 14.4. The predicted octanol–water partition coefficient (Wildman–Crippen LogP) is 5.90. The van der Waals surface area contributed by atoms with Gasteiger partial charge in [-0.2, -0.15) is 0 Å². The fourth-order valence-electron chi connectivity index (χ4n) is 4.78. The van der Waals surface area contributed by atoms with E-state index in [1.165, 1.54) is 0 Å². The van der Waals surface area contributed by atoms with Gasteiger partial charge in [0.2, 0.25) is 8.32 Å². The van der Waals surface area contributed by atoms with Crippen molar-refractivity contribution in [3.63, 3.8) is 0 Å². The van der Waals surface area contributed by atoms with Crippen molar-refractivity contribution in [1.82, 2.24) is 0 Å². The van der Waals surface area contributed by atoms with Gasteiger partial charge in [0, 0.05) is 6.61 Å². The summed E-state index contributed by atoms with van der Waals surface area (Å²) in [5.41, 5.74) is 1.42. The Labute approximate surface area is 173 Å². The van der Waals surface area contributed by atoms with Crippen LogP contribution in [-0.2, 0) is 18.7 Å². The largest absolute Gasteiger partial charge is 0.481 e. The van der Waals surface area contributed by atoms with Crippen LogP contribution in [0.2, 0.25) is 16.6 Å². The first-order valence-electron chi connectivity index (χ1n) is 10.9. The van der Waals surface area contributed by atoms with Crippen LogP contribution < -0.4 is 0 Å². The summed E-state index contributed by atoms with van der Waals surface area (Å²) in [6.45, 7) is 18.2. The summed E-state index contributed by atoms with van der Waals surface area (Å²) in [6.07, 6.45) is 5.23. The van der Waals surface area contributed by atoms with Crippen LogP contribution in [0.1, 0.15) is 80.1 Å². The monoisotopic (exact) mass is 414 g/mol. The van der Waals surface area contributed by atoms with E-state index in [0.717, 1.165) is 19.3 Å². The molecule has 1 aliphatic rings. The zero-order valence-corrected chi connectivity index (χ0v) is 19.8. The van der Waals surface area contributed by atoms with Crippen molar-refractivity contribution in [3.8, 4) is 0 Å². The third-order valence-electron chi connectivity index (χ3n) is 5.92. The van der Waals surface area contributed by atoms with Crippen LogP contribution in [0, 0.1) is 0 Å². The van der Waals surface area contributed by atoms with E-state index in [2.05, 4.69) is 48.1 Å². The number of hydrogen-bond donors (Lipinski definition) is 1. The van der Waals surface area contributed by atoms with Gasteiger partial charge < -0.3 is 19.0 Å². The van der Waals surface area contributed by atoms with E-state index in [0.29, 0.717) is 36.1 Å². The minimum absolute atomic E-state index is 0.0313. The van der Waals surface area contributed by atoms with Crippen molar-refractivity contribution in [2.75, 3.05) is 6.61 Å². The number of rotatable bonds is 13. The smallest absolute Gasteiger partial charge is 0.305 e. The van der Waals surface area contributed by atoms with Crippen molar-refractivity contribution in [2.24, 2.45) is 0 Å². The van der Waals surface area contributed by atoms with Gasteiger partial charge in [-0.15, -0.1) is 6.58 Å². The summed E-state index contributed by atoms with van der Waals surface area (Å²) in [5, 5.41) is 9.38. The number of hydrogen-bond acceptors (Lipinski definition) is 4. The number of ether oxygens (including phenoxy) is 2. The lowest BCUT2D eigenvalue weighted by Gasteiger charge is -2.45. The van der Waals surface area contributed by atoms with E-state index in [1.54, 1.807) is 0 Å². The van der Waals surface area contributed by atoms with Crippen molar-refractivity contribution in [3.05, 3.63) is 12.7 Å². The minimum Gasteiger partial charge on any atom is -0.481 e. The first-order chi connectivity index (χ1) is 13.1. The predicted molar refractivity (Wildman–Crippen MR) is 116 cm³/mol.